The van der Waals surface area contributed by atoms with Gasteiger partial charge in [-0.2, -0.15) is 0 Å². The first kappa shape index (κ1) is 5.06. The van der Waals surface area contributed by atoms with Crippen LogP contribution in [0.2, 0.25) is 0 Å². The molecule has 0 aliphatic heterocycles. The molecule has 0 bridgehead atoms. The van der Waals surface area contributed by atoms with Gasteiger partial charge in [-0.1, -0.05) is 6.42 Å². The monoisotopic (exact) mass is 99.1 g/mol. The average molecular weight is 99.2 g/mol. The molecule has 2 nitrogen and oxygen atoms in total. The van der Waals surface area contributed by atoms with Crippen molar-refractivity contribution in [2.24, 2.45) is 5.73 Å². The van der Waals surface area contributed by atoms with Crippen molar-refractivity contribution in [3.63, 3.8) is 0 Å². The Labute approximate surface area is 43.9 Å². The molecule has 0 aromatic carbocycles. The number of nitrogens with two attached hydrogens (primary N) is 1. The fourth-order valence-electron chi connectivity index (χ4n) is 0.989. The van der Waals surface area contributed by atoms with E-state index in [-0.39, 0.29) is 12.1 Å². The molecule has 0 amide bonds. The molecule has 1 fully saturated rings. The second-order valence-corrected chi connectivity index (χ2v) is 2.20. The minimum Gasteiger partial charge on any atom is -0.326 e. The summed E-state index contributed by atoms with van der Waals surface area (Å²) >= 11 is 0. The first-order valence-corrected chi connectivity index (χ1v) is 2.77. The lowest BCUT2D eigenvalue weighted by molar-refractivity contribution is 0.588. The average Bonchev–Trinajstić information content (AvgIpc) is 1.91. The highest BCUT2D eigenvalue weighted by Gasteiger charge is 2.19. The van der Waals surface area contributed by atoms with Crippen molar-refractivity contribution in [2.45, 2.75) is 31.3 Å². The normalized spacial score (nSPS) is 42.0. The zero-order chi connectivity index (χ0) is 5.28. The molecule has 3 N–H and O–H groups in total. The molecule has 0 saturated heterocycles. The molecule has 2 heteroatoms. The van der Waals surface area contributed by atoms with Crippen LogP contribution >= 0.6 is 0 Å². The van der Waals surface area contributed by atoms with Gasteiger partial charge < -0.3 is 5.73 Å². The van der Waals surface area contributed by atoms with Gasteiger partial charge in [0.25, 0.3) is 0 Å². The van der Waals surface area contributed by atoms with Gasteiger partial charge >= 0.3 is 0 Å². The number of hydrogen-bond donors (Lipinski definition) is 1. The number of hydrogen-bond acceptors (Lipinski definition) is 1. The van der Waals surface area contributed by atoms with Gasteiger partial charge in [-0.25, -0.2) is 0 Å². The first-order chi connectivity index (χ1) is 3.30. The topological polar surface area (TPSA) is 49.8 Å². The van der Waals surface area contributed by atoms with Gasteiger partial charge in [0, 0.05) is 12.1 Å². The highest BCUT2D eigenvalue weighted by Crippen LogP contribution is 2.15. The summed E-state index contributed by atoms with van der Waals surface area (Å²) in [4.78, 5) is 0. The summed E-state index contributed by atoms with van der Waals surface area (Å²) in [5.74, 6) is 0. The van der Waals surface area contributed by atoms with E-state index >= 15 is 0 Å². The molecule has 1 radical (unpaired) electrons. The van der Waals surface area contributed by atoms with Crippen LogP contribution in [-0.4, -0.2) is 12.1 Å². The van der Waals surface area contributed by atoms with E-state index in [1.165, 1.54) is 0 Å². The molecular weight excluding hydrogens is 88.1 g/mol. The van der Waals surface area contributed by atoms with E-state index in [0.29, 0.717) is 0 Å². The van der Waals surface area contributed by atoms with Gasteiger partial charge in [-0.05, 0) is 12.8 Å². The van der Waals surface area contributed by atoms with Crippen molar-refractivity contribution in [3.05, 3.63) is 0 Å². The Hall–Kier alpha value is -0.0800. The van der Waals surface area contributed by atoms with E-state index in [1.807, 2.05) is 0 Å². The summed E-state index contributed by atoms with van der Waals surface area (Å²) in [6, 6.07) is 0.222. The second kappa shape index (κ2) is 1.80. The molecule has 0 spiro atoms. The van der Waals surface area contributed by atoms with Gasteiger partial charge in [0.05, 0.1) is 0 Å². The van der Waals surface area contributed by atoms with Crippen LogP contribution in [0.4, 0.5) is 0 Å². The van der Waals surface area contributed by atoms with Gasteiger partial charge in [-0.3, -0.25) is 5.73 Å². The Morgan fingerprint density at radius 1 is 1.43 bits per heavy atom. The highest BCUT2D eigenvalue weighted by molar-refractivity contribution is 4.81. The summed E-state index contributed by atoms with van der Waals surface area (Å²) in [5, 5.41) is 0. The summed E-state index contributed by atoms with van der Waals surface area (Å²) in [5.41, 5.74) is 12.7. The van der Waals surface area contributed by atoms with E-state index in [4.69, 9.17) is 11.5 Å². The molecule has 1 aliphatic carbocycles. The molecule has 1 rings (SSSR count). The van der Waals surface area contributed by atoms with Crippen molar-refractivity contribution in [1.82, 2.24) is 5.73 Å². The Bertz CT molecular complexity index is 55.1. The van der Waals surface area contributed by atoms with E-state index in [1.54, 1.807) is 0 Å². The summed E-state index contributed by atoms with van der Waals surface area (Å²) < 4.78 is 0. The van der Waals surface area contributed by atoms with Gasteiger partial charge in [-0.15, -0.1) is 0 Å². The third kappa shape index (κ3) is 0.924. The lowest BCUT2D eigenvalue weighted by Gasteiger charge is -2.04. The van der Waals surface area contributed by atoms with Crippen molar-refractivity contribution in [3.8, 4) is 0 Å². The van der Waals surface area contributed by atoms with Gasteiger partial charge in [0.1, 0.15) is 0 Å². The van der Waals surface area contributed by atoms with E-state index in [0.717, 1.165) is 19.3 Å². The first-order valence-electron chi connectivity index (χ1n) is 2.77. The van der Waals surface area contributed by atoms with Crippen LogP contribution in [0.25, 0.3) is 0 Å². The predicted molar refractivity (Wildman–Crippen MR) is 28.7 cm³/mol. The molecule has 7 heavy (non-hydrogen) atoms. The Morgan fingerprint density at radius 2 is 2.14 bits per heavy atom. The maximum atomic E-state index is 7.21. The molecule has 41 valence electrons. The fraction of sp³-hybridized carbons (Fsp3) is 1.00. The van der Waals surface area contributed by atoms with E-state index < -0.39 is 0 Å². The molecule has 0 heterocycles. The van der Waals surface area contributed by atoms with Crippen LogP contribution in [0.1, 0.15) is 19.3 Å². The maximum absolute atomic E-state index is 7.21. The third-order valence-corrected chi connectivity index (χ3v) is 1.57. The van der Waals surface area contributed by atoms with E-state index in [9.17, 15) is 0 Å². The highest BCUT2D eigenvalue weighted by atomic mass is 14.8. The van der Waals surface area contributed by atoms with Crippen LogP contribution in [-0.2, 0) is 0 Å². The SMILES string of the molecule is [NH]C1CCCC1N. The minimum absolute atomic E-state index is 0.0417. The molecule has 2 unspecified atom stereocenters. The van der Waals surface area contributed by atoms with Crippen molar-refractivity contribution in [1.29, 1.82) is 0 Å². The molecule has 1 aliphatic rings. The summed E-state index contributed by atoms with van der Waals surface area (Å²) in [7, 11) is 0. The molecular formula is C5H11N2. The third-order valence-electron chi connectivity index (χ3n) is 1.57. The van der Waals surface area contributed by atoms with Crippen molar-refractivity contribution >= 4 is 0 Å². The molecule has 1 saturated carbocycles. The van der Waals surface area contributed by atoms with E-state index in [2.05, 4.69) is 0 Å². The lowest BCUT2D eigenvalue weighted by Crippen LogP contribution is -2.29. The van der Waals surface area contributed by atoms with Gasteiger partial charge in [0.15, 0.2) is 0 Å². The van der Waals surface area contributed by atoms with Crippen molar-refractivity contribution < 1.29 is 0 Å². The largest absolute Gasteiger partial charge is 0.326 e. The predicted octanol–water partition coefficient (Wildman–Crippen LogP) is 0.149. The Balaban J connectivity index is 2.33. The summed E-state index contributed by atoms with van der Waals surface area (Å²) in [6.45, 7) is 0. The quantitative estimate of drug-likeness (QED) is 0.461. The molecule has 0 aromatic heterocycles. The van der Waals surface area contributed by atoms with Crippen LogP contribution in [0.5, 0.6) is 0 Å². The number of rotatable bonds is 0. The summed E-state index contributed by atoms with van der Waals surface area (Å²) in [6.07, 6.45) is 3.24. The number of nitrogens with one attached hydrogen (secondary N) is 1. The molecule has 0 aromatic rings. The second-order valence-electron chi connectivity index (χ2n) is 2.20. The van der Waals surface area contributed by atoms with Crippen LogP contribution in [0, 0.1) is 0 Å². The Kier molecular flexibility index (Phi) is 1.30. The Morgan fingerprint density at radius 3 is 2.29 bits per heavy atom. The lowest BCUT2D eigenvalue weighted by atomic mass is 10.2. The van der Waals surface area contributed by atoms with Crippen LogP contribution in [0.3, 0.4) is 0 Å². The fourth-order valence-corrected chi connectivity index (χ4v) is 0.989. The maximum Gasteiger partial charge on any atom is 0.0364 e. The zero-order valence-electron chi connectivity index (χ0n) is 4.35. The van der Waals surface area contributed by atoms with Crippen LogP contribution < -0.4 is 11.5 Å². The standard InChI is InChI=1S/C5H11N2/c6-4-2-1-3-5(4)7/h4-6H,1-3,7H2. The van der Waals surface area contributed by atoms with Gasteiger partial charge in [0.2, 0.25) is 0 Å². The molecule has 2 atom stereocenters. The van der Waals surface area contributed by atoms with Crippen molar-refractivity contribution in [2.75, 3.05) is 0 Å². The smallest absolute Gasteiger partial charge is 0.0364 e. The zero-order valence-corrected chi connectivity index (χ0v) is 4.35. The minimum atomic E-state index is 0.0417. The van der Waals surface area contributed by atoms with Crippen LogP contribution in [0.15, 0.2) is 0 Å².